The van der Waals surface area contributed by atoms with Gasteiger partial charge in [0.15, 0.2) is 0 Å². The summed E-state index contributed by atoms with van der Waals surface area (Å²) in [6.45, 7) is 7.55. The molecule has 0 fully saturated rings. The minimum absolute atomic E-state index is 0.0338. The third-order valence-corrected chi connectivity index (χ3v) is 2.64. The van der Waals surface area contributed by atoms with Gasteiger partial charge in [0.05, 0.1) is 5.56 Å². The Balaban J connectivity index is 3.68. The van der Waals surface area contributed by atoms with Crippen LogP contribution >= 0.6 is 0 Å². The largest absolute Gasteiger partial charge is 0.308 e. The molecule has 2 nitrogen and oxygen atoms in total. The molecule has 0 heterocycles. The van der Waals surface area contributed by atoms with Crippen LogP contribution in [0.15, 0.2) is 6.07 Å². The third-order valence-electron chi connectivity index (χ3n) is 2.64. The van der Waals surface area contributed by atoms with Crippen molar-refractivity contribution in [3.05, 3.63) is 34.1 Å². The summed E-state index contributed by atoms with van der Waals surface area (Å²) in [4.78, 5) is 0. The van der Waals surface area contributed by atoms with Crippen LogP contribution < -0.4 is 0 Å². The quantitative estimate of drug-likeness (QED) is 0.722. The zero-order valence-electron chi connectivity index (χ0n) is 9.98. The monoisotopic (exact) mass is 218 g/mol. The Kier molecular flexibility index (Phi) is 3.14. The number of halogens is 1. The fourth-order valence-electron chi connectivity index (χ4n) is 1.74. The molecule has 0 saturated heterocycles. The van der Waals surface area contributed by atoms with E-state index in [0.717, 1.165) is 5.56 Å². The lowest BCUT2D eigenvalue weighted by atomic mass is 9.81. The Morgan fingerprint density at radius 2 is 2.00 bits per heavy atom. The maximum absolute atomic E-state index is 13.7. The van der Waals surface area contributed by atoms with Crippen LogP contribution in [0.2, 0.25) is 0 Å². The maximum atomic E-state index is 13.7. The molecule has 1 N–H and O–H groups in total. The van der Waals surface area contributed by atoms with Crippen LogP contribution in [0.5, 0.6) is 0 Å². The van der Waals surface area contributed by atoms with Gasteiger partial charge in [-0.2, -0.15) is 5.26 Å². The number of nitrogens with one attached hydrogen (secondary N) is 1. The molecule has 1 aromatic carbocycles. The van der Waals surface area contributed by atoms with Crippen LogP contribution in [-0.2, 0) is 5.41 Å². The second kappa shape index (κ2) is 4.05. The molecule has 1 aromatic rings. The minimum atomic E-state index is -0.504. The SMILES string of the molecule is Cc1c(C#N)c(F)cc(C(C)(C)C)c1C=N. The highest BCUT2D eigenvalue weighted by atomic mass is 19.1. The molecule has 16 heavy (non-hydrogen) atoms. The van der Waals surface area contributed by atoms with E-state index in [1.54, 1.807) is 6.92 Å². The number of hydrogen-bond acceptors (Lipinski definition) is 2. The summed E-state index contributed by atoms with van der Waals surface area (Å²) in [6, 6.07) is 3.21. The van der Waals surface area contributed by atoms with Gasteiger partial charge in [-0.25, -0.2) is 4.39 Å². The second-order valence-electron chi connectivity index (χ2n) is 4.83. The molecule has 1 rings (SSSR count). The van der Waals surface area contributed by atoms with Crippen LogP contribution in [0, 0.1) is 29.5 Å². The first-order valence-electron chi connectivity index (χ1n) is 5.07. The molecular weight excluding hydrogens is 203 g/mol. The van der Waals surface area contributed by atoms with Gasteiger partial charge < -0.3 is 5.41 Å². The fourth-order valence-corrected chi connectivity index (χ4v) is 1.74. The summed E-state index contributed by atoms with van der Waals surface area (Å²) >= 11 is 0. The van der Waals surface area contributed by atoms with E-state index >= 15 is 0 Å². The number of nitriles is 1. The Hall–Kier alpha value is -1.69. The van der Waals surface area contributed by atoms with Gasteiger partial charge >= 0.3 is 0 Å². The molecule has 0 spiro atoms. The van der Waals surface area contributed by atoms with E-state index in [1.165, 1.54) is 12.3 Å². The summed E-state index contributed by atoms with van der Waals surface area (Å²) in [5.74, 6) is -0.504. The van der Waals surface area contributed by atoms with Crippen molar-refractivity contribution in [3.8, 4) is 6.07 Å². The van der Waals surface area contributed by atoms with Crippen molar-refractivity contribution in [3.63, 3.8) is 0 Å². The van der Waals surface area contributed by atoms with Gasteiger partial charge in [0.25, 0.3) is 0 Å². The molecule has 0 aromatic heterocycles. The third kappa shape index (κ3) is 1.96. The molecule has 0 unspecified atom stereocenters. The van der Waals surface area contributed by atoms with Crippen LogP contribution in [0.3, 0.4) is 0 Å². The van der Waals surface area contributed by atoms with Crippen molar-refractivity contribution < 1.29 is 4.39 Å². The lowest BCUT2D eigenvalue weighted by Crippen LogP contribution is -2.16. The molecule has 84 valence electrons. The predicted molar refractivity (Wildman–Crippen MR) is 62.4 cm³/mol. The average Bonchev–Trinajstić information content (AvgIpc) is 2.16. The maximum Gasteiger partial charge on any atom is 0.141 e. The van der Waals surface area contributed by atoms with Gasteiger partial charge in [0, 0.05) is 11.8 Å². The molecular formula is C13H15FN2. The highest BCUT2D eigenvalue weighted by Crippen LogP contribution is 2.30. The average molecular weight is 218 g/mol. The van der Waals surface area contributed by atoms with Gasteiger partial charge in [0.2, 0.25) is 0 Å². The first kappa shape index (κ1) is 12.4. The summed E-state index contributed by atoms with van der Waals surface area (Å²) in [7, 11) is 0. The van der Waals surface area contributed by atoms with E-state index in [4.69, 9.17) is 10.7 Å². The Morgan fingerprint density at radius 1 is 1.44 bits per heavy atom. The van der Waals surface area contributed by atoms with Gasteiger partial charge in [-0.1, -0.05) is 20.8 Å². The van der Waals surface area contributed by atoms with Gasteiger partial charge in [0.1, 0.15) is 11.9 Å². The first-order chi connectivity index (χ1) is 7.32. The number of hydrogen-bond donors (Lipinski definition) is 1. The first-order valence-corrected chi connectivity index (χ1v) is 5.07. The standard InChI is InChI=1S/C13H15FN2/c1-8-9(6-15)11(13(2,3)4)5-12(14)10(8)7-16/h5-6,15H,1-4H3. The summed E-state index contributed by atoms with van der Waals surface area (Å²) in [5.41, 5.74) is 1.74. The zero-order valence-corrected chi connectivity index (χ0v) is 9.98. The van der Waals surface area contributed by atoms with Crippen molar-refractivity contribution in [1.29, 1.82) is 10.7 Å². The van der Waals surface area contributed by atoms with Crippen LogP contribution in [0.4, 0.5) is 4.39 Å². The van der Waals surface area contributed by atoms with Gasteiger partial charge in [-0.15, -0.1) is 0 Å². The van der Waals surface area contributed by atoms with Crippen molar-refractivity contribution in [1.82, 2.24) is 0 Å². The molecule has 0 aliphatic rings. The van der Waals surface area contributed by atoms with Crippen LogP contribution in [0.1, 0.15) is 43.0 Å². The predicted octanol–water partition coefficient (Wildman–Crippen LogP) is 3.30. The summed E-state index contributed by atoms with van der Waals surface area (Å²) in [6.07, 6.45) is 1.19. The second-order valence-corrected chi connectivity index (χ2v) is 4.83. The normalized spacial score (nSPS) is 11.0. The highest BCUT2D eigenvalue weighted by Gasteiger charge is 2.22. The van der Waals surface area contributed by atoms with Gasteiger partial charge in [-0.3, -0.25) is 0 Å². The van der Waals surface area contributed by atoms with Crippen molar-refractivity contribution in [2.24, 2.45) is 0 Å². The molecule has 0 amide bonds. The van der Waals surface area contributed by atoms with Crippen LogP contribution in [0.25, 0.3) is 0 Å². The number of nitrogens with zero attached hydrogens (tertiary/aromatic N) is 1. The van der Waals surface area contributed by atoms with Crippen LogP contribution in [-0.4, -0.2) is 6.21 Å². The lowest BCUT2D eigenvalue weighted by Gasteiger charge is -2.23. The van der Waals surface area contributed by atoms with Crippen molar-refractivity contribution in [2.75, 3.05) is 0 Å². The van der Waals surface area contributed by atoms with E-state index in [9.17, 15) is 4.39 Å². The van der Waals surface area contributed by atoms with E-state index in [2.05, 4.69) is 0 Å². The van der Waals surface area contributed by atoms with E-state index < -0.39 is 5.82 Å². The highest BCUT2D eigenvalue weighted by molar-refractivity contribution is 5.83. The van der Waals surface area contributed by atoms with Gasteiger partial charge in [-0.05, 0) is 29.5 Å². The zero-order chi connectivity index (χ0) is 12.5. The smallest absolute Gasteiger partial charge is 0.141 e. The molecule has 0 radical (unpaired) electrons. The molecule has 0 atom stereocenters. The number of rotatable bonds is 1. The van der Waals surface area contributed by atoms with Crippen molar-refractivity contribution in [2.45, 2.75) is 33.1 Å². The van der Waals surface area contributed by atoms with E-state index in [-0.39, 0.29) is 11.0 Å². The molecule has 3 heteroatoms. The molecule has 0 aliphatic carbocycles. The lowest BCUT2D eigenvalue weighted by molar-refractivity contribution is 0.569. The Labute approximate surface area is 95.2 Å². The molecule has 0 saturated carbocycles. The molecule has 0 bridgehead atoms. The summed E-state index contributed by atoms with van der Waals surface area (Å²) < 4.78 is 13.7. The minimum Gasteiger partial charge on any atom is -0.308 e. The molecule has 0 aliphatic heterocycles. The number of benzene rings is 1. The fraction of sp³-hybridized carbons (Fsp3) is 0.385. The van der Waals surface area contributed by atoms with E-state index in [0.29, 0.717) is 11.1 Å². The summed E-state index contributed by atoms with van der Waals surface area (Å²) in [5, 5.41) is 16.2. The Bertz CT molecular complexity index is 476. The van der Waals surface area contributed by atoms with Crippen molar-refractivity contribution >= 4 is 6.21 Å². The Morgan fingerprint density at radius 3 is 2.38 bits per heavy atom. The topological polar surface area (TPSA) is 47.6 Å². The van der Waals surface area contributed by atoms with E-state index in [1.807, 2.05) is 26.8 Å².